The minimum absolute atomic E-state index is 0.0782. The van der Waals surface area contributed by atoms with E-state index in [2.05, 4.69) is 4.98 Å². The minimum Gasteiger partial charge on any atom is -0.479 e. The average molecular weight is 276 g/mol. The molecule has 3 N–H and O–H groups in total. The monoisotopic (exact) mass is 276 g/mol. The van der Waals surface area contributed by atoms with Gasteiger partial charge in [-0.05, 0) is 25.0 Å². The van der Waals surface area contributed by atoms with E-state index in [9.17, 15) is 14.7 Å². The van der Waals surface area contributed by atoms with Gasteiger partial charge in [0.15, 0.2) is 17.1 Å². The molecule has 1 saturated heterocycles. The molecule has 0 saturated carbocycles. The smallest absolute Gasteiger partial charge is 0.333 e. The van der Waals surface area contributed by atoms with Crippen LogP contribution in [0.2, 0.25) is 0 Å². The number of Topliss-reactive ketones (excluding diaryl/α,β-unsaturated/α-hetero) is 1. The molecule has 2 aliphatic rings. The maximum Gasteiger partial charge on any atom is 0.333 e. The third-order valence-corrected chi connectivity index (χ3v) is 3.89. The molecule has 1 atom stereocenters. The molecule has 0 spiro atoms. The molecule has 2 aliphatic heterocycles. The van der Waals surface area contributed by atoms with E-state index in [1.54, 1.807) is 23.3 Å². The Labute approximate surface area is 116 Å². The number of ketones is 1. The van der Waals surface area contributed by atoms with E-state index in [0.29, 0.717) is 5.82 Å². The van der Waals surface area contributed by atoms with E-state index in [4.69, 9.17) is 5.73 Å². The second-order valence-electron chi connectivity index (χ2n) is 5.20. The Kier molecular flexibility index (Phi) is 2.95. The van der Waals surface area contributed by atoms with Crippen LogP contribution in [0, 0.1) is 0 Å². The summed E-state index contributed by atoms with van der Waals surface area (Å²) in [6, 6.07) is 3.20. The number of hydrogen-bond donors (Lipinski definition) is 2. The van der Waals surface area contributed by atoms with Crippen molar-refractivity contribution in [1.29, 1.82) is 0 Å². The van der Waals surface area contributed by atoms with Crippen LogP contribution in [-0.4, -0.2) is 52.0 Å². The van der Waals surface area contributed by atoms with Gasteiger partial charge >= 0.3 is 5.97 Å². The first kappa shape index (κ1) is 13.0. The van der Waals surface area contributed by atoms with Crippen LogP contribution in [0.3, 0.4) is 0 Å². The summed E-state index contributed by atoms with van der Waals surface area (Å²) in [7, 11) is 0. The zero-order valence-electron chi connectivity index (χ0n) is 11.0. The van der Waals surface area contributed by atoms with Gasteiger partial charge in [-0.1, -0.05) is 0 Å². The molecular weight excluding hydrogens is 260 g/mol. The number of nitrogens with zero attached hydrogens (tertiary/aromatic N) is 3. The number of carbonyl (C=O) groups excluding carboxylic acids is 1. The number of nitrogens with two attached hydrogens (primary N) is 1. The van der Waals surface area contributed by atoms with E-state index in [0.717, 1.165) is 25.9 Å². The summed E-state index contributed by atoms with van der Waals surface area (Å²) in [6.45, 7) is 1.56. The van der Waals surface area contributed by atoms with Crippen molar-refractivity contribution in [2.24, 2.45) is 5.73 Å². The lowest BCUT2D eigenvalue weighted by molar-refractivity contribution is -0.141. The normalized spacial score (nSPS) is 26.6. The zero-order valence-corrected chi connectivity index (χ0v) is 11.0. The van der Waals surface area contributed by atoms with Crippen molar-refractivity contribution in [3.63, 3.8) is 0 Å². The number of fused-ring (bicyclic) bond motifs is 1. The fraction of sp³-hybridized carbons (Fsp3) is 0.462. The molecule has 0 amide bonds. The molecule has 0 aromatic carbocycles. The number of pyridine rings is 1. The molecule has 7 nitrogen and oxygen atoms in total. The van der Waals surface area contributed by atoms with Gasteiger partial charge in [0, 0.05) is 19.3 Å². The van der Waals surface area contributed by atoms with Gasteiger partial charge in [0.1, 0.15) is 0 Å². The molecule has 106 valence electrons. The lowest BCUT2D eigenvalue weighted by Gasteiger charge is -2.41. The highest BCUT2D eigenvalue weighted by molar-refractivity contribution is 6.19. The number of hydrogen-bond acceptors (Lipinski definition) is 6. The molecule has 0 bridgehead atoms. The van der Waals surface area contributed by atoms with Crippen LogP contribution in [-0.2, 0) is 4.79 Å². The number of hydrazine groups is 1. The van der Waals surface area contributed by atoms with E-state index in [1.165, 1.54) is 0 Å². The standard InChI is InChI=1S/C13H16N4O3/c14-13(12(19)20)8-17(16-6-1-2-7-16)11-9(10(13)18)4-3-5-15-11/h3-5H,1-2,6-8,14H2,(H,19,20). The summed E-state index contributed by atoms with van der Waals surface area (Å²) in [5, 5.41) is 13.1. The molecule has 0 radical (unpaired) electrons. The molecule has 1 unspecified atom stereocenters. The van der Waals surface area contributed by atoms with Crippen LogP contribution in [0.5, 0.6) is 0 Å². The summed E-state index contributed by atoms with van der Waals surface area (Å²) < 4.78 is 0. The molecule has 3 heterocycles. The van der Waals surface area contributed by atoms with Gasteiger partial charge in [-0.25, -0.2) is 14.8 Å². The number of aromatic nitrogens is 1. The topological polar surface area (TPSA) is 99.8 Å². The first-order chi connectivity index (χ1) is 9.54. The predicted octanol–water partition coefficient (Wildman–Crippen LogP) is -0.123. The Hall–Kier alpha value is -1.99. The molecule has 0 aliphatic carbocycles. The highest BCUT2D eigenvalue weighted by Crippen LogP contribution is 2.31. The Morgan fingerprint density at radius 2 is 2.10 bits per heavy atom. The van der Waals surface area contributed by atoms with Crippen LogP contribution < -0.4 is 10.7 Å². The van der Waals surface area contributed by atoms with Gasteiger partial charge < -0.3 is 10.8 Å². The second-order valence-corrected chi connectivity index (χ2v) is 5.20. The lowest BCUT2D eigenvalue weighted by atomic mass is 9.87. The number of rotatable bonds is 2. The summed E-state index contributed by atoms with van der Waals surface area (Å²) in [5.74, 6) is -1.38. The van der Waals surface area contributed by atoms with Crippen LogP contribution >= 0.6 is 0 Å². The fourth-order valence-electron chi connectivity index (χ4n) is 2.74. The molecule has 20 heavy (non-hydrogen) atoms. The maximum atomic E-state index is 12.3. The van der Waals surface area contributed by atoms with Gasteiger partial charge in [0.2, 0.25) is 0 Å². The Bertz CT molecular complexity index is 570. The fourth-order valence-corrected chi connectivity index (χ4v) is 2.74. The number of carboxylic acid groups (broad SMARTS) is 1. The summed E-state index contributed by atoms with van der Waals surface area (Å²) in [6.07, 6.45) is 3.67. The van der Waals surface area contributed by atoms with E-state index in [1.807, 2.05) is 5.01 Å². The van der Waals surface area contributed by atoms with Crippen molar-refractivity contribution in [2.45, 2.75) is 18.4 Å². The number of carboxylic acids is 1. The second kappa shape index (κ2) is 4.53. The maximum absolute atomic E-state index is 12.3. The van der Waals surface area contributed by atoms with Crippen molar-refractivity contribution in [1.82, 2.24) is 9.99 Å². The van der Waals surface area contributed by atoms with Crippen LogP contribution in [0.4, 0.5) is 5.82 Å². The van der Waals surface area contributed by atoms with Crippen LogP contribution in [0.15, 0.2) is 18.3 Å². The highest BCUT2D eigenvalue weighted by atomic mass is 16.4. The van der Waals surface area contributed by atoms with Gasteiger partial charge in [-0.15, -0.1) is 0 Å². The van der Waals surface area contributed by atoms with Crippen LogP contribution in [0.25, 0.3) is 0 Å². The van der Waals surface area contributed by atoms with E-state index >= 15 is 0 Å². The quantitative estimate of drug-likeness (QED) is 0.726. The zero-order chi connectivity index (χ0) is 14.3. The average Bonchev–Trinajstić information content (AvgIpc) is 2.97. The van der Waals surface area contributed by atoms with Crippen molar-refractivity contribution < 1.29 is 14.7 Å². The lowest BCUT2D eigenvalue weighted by Crippen LogP contribution is -2.66. The highest BCUT2D eigenvalue weighted by Gasteiger charge is 2.50. The van der Waals surface area contributed by atoms with Crippen molar-refractivity contribution in [3.8, 4) is 0 Å². The number of anilines is 1. The third-order valence-electron chi connectivity index (χ3n) is 3.89. The van der Waals surface area contributed by atoms with Gasteiger partial charge in [0.05, 0.1) is 12.1 Å². The molecular formula is C13H16N4O3. The Balaban J connectivity index is 2.09. The van der Waals surface area contributed by atoms with E-state index < -0.39 is 17.3 Å². The van der Waals surface area contributed by atoms with Gasteiger partial charge in [-0.2, -0.15) is 0 Å². The predicted molar refractivity (Wildman–Crippen MR) is 71.3 cm³/mol. The molecule has 1 aromatic heterocycles. The van der Waals surface area contributed by atoms with Crippen molar-refractivity contribution in [2.75, 3.05) is 24.6 Å². The molecule has 3 rings (SSSR count). The van der Waals surface area contributed by atoms with Gasteiger partial charge in [0.25, 0.3) is 0 Å². The molecule has 1 aromatic rings. The number of carbonyl (C=O) groups is 2. The Morgan fingerprint density at radius 1 is 1.40 bits per heavy atom. The summed E-state index contributed by atoms with van der Waals surface area (Å²) in [4.78, 5) is 28.0. The summed E-state index contributed by atoms with van der Waals surface area (Å²) in [5.41, 5.74) is 4.23. The molecule has 7 heteroatoms. The third kappa shape index (κ3) is 1.78. The largest absolute Gasteiger partial charge is 0.479 e. The van der Waals surface area contributed by atoms with E-state index in [-0.39, 0.29) is 12.1 Å². The molecule has 1 fully saturated rings. The SMILES string of the molecule is NC1(C(=O)O)CN(N2CCCC2)c2ncccc2C1=O. The van der Waals surface area contributed by atoms with Crippen molar-refractivity contribution >= 4 is 17.6 Å². The minimum atomic E-state index is -1.92. The first-order valence-electron chi connectivity index (χ1n) is 6.58. The number of aliphatic carboxylic acids is 1. The first-order valence-corrected chi connectivity index (χ1v) is 6.58. The van der Waals surface area contributed by atoms with Crippen LogP contribution in [0.1, 0.15) is 23.2 Å². The summed E-state index contributed by atoms with van der Waals surface area (Å²) >= 11 is 0. The van der Waals surface area contributed by atoms with Crippen molar-refractivity contribution in [3.05, 3.63) is 23.9 Å². The van der Waals surface area contributed by atoms with Gasteiger partial charge in [-0.3, -0.25) is 9.80 Å². The Morgan fingerprint density at radius 3 is 2.75 bits per heavy atom.